The molecule has 0 aliphatic heterocycles. The molecule has 1 aromatic rings. The van der Waals surface area contributed by atoms with E-state index in [9.17, 15) is 19.3 Å². The van der Waals surface area contributed by atoms with Crippen LogP contribution >= 0.6 is 0 Å². The third-order valence-electron chi connectivity index (χ3n) is 2.21. The summed E-state index contributed by atoms with van der Waals surface area (Å²) >= 11 is 0. The zero-order valence-corrected chi connectivity index (χ0v) is 10.1. The first-order valence-electron chi connectivity index (χ1n) is 5.28. The van der Waals surface area contributed by atoms with Gasteiger partial charge in [0.2, 0.25) is 11.7 Å². The molecular weight excluding hydrogens is 241 g/mol. The average molecular weight is 255 g/mol. The van der Waals surface area contributed by atoms with Crippen LogP contribution in [0.15, 0.2) is 18.2 Å². The first-order valence-corrected chi connectivity index (χ1v) is 5.28. The number of hydrogen-bond donors (Lipinski definition) is 1. The van der Waals surface area contributed by atoms with Crippen LogP contribution < -0.4 is 5.32 Å². The number of carbonyl (C=O) groups is 1. The zero-order chi connectivity index (χ0) is 13.7. The summed E-state index contributed by atoms with van der Waals surface area (Å²) in [4.78, 5) is 22.9. The van der Waals surface area contributed by atoms with E-state index in [2.05, 4.69) is 5.32 Å². The quantitative estimate of drug-likeness (QED) is 0.640. The number of nitro benzene ring substituents is 1. The van der Waals surface area contributed by atoms with Crippen molar-refractivity contribution in [2.45, 2.75) is 6.42 Å². The van der Waals surface area contributed by atoms with Gasteiger partial charge in [-0.2, -0.15) is 4.39 Å². The van der Waals surface area contributed by atoms with Crippen molar-refractivity contribution in [3.63, 3.8) is 0 Å². The molecule has 1 rings (SSSR count). The molecule has 0 saturated carbocycles. The fraction of sp³-hybridized carbons (Fsp3) is 0.364. The standard InChI is InChI=1S/C11H14FN3O3/c1-14(2)6-5-11(16)13-8-3-4-10(15(17)18)9(12)7-8/h3-4,7H,5-6H2,1-2H3,(H,13,16). The van der Waals surface area contributed by atoms with E-state index in [1.54, 1.807) is 0 Å². The van der Waals surface area contributed by atoms with Crippen LogP contribution in [0, 0.1) is 15.9 Å². The van der Waals surface area contributed by atoms with Gasteiger partial charge < -0.3 is 10.2 Å². The molecule has 1 aromatic carbocycles. The Morgan fingerprint density at radius 3 is 2.67 bits per heavy atom. The predicted molar refractivity (Wildman–Crippen MR) is 64.9 cm³/mol. The highest BCUT2D eigenvalue weighted by Crippen LogP contribution is 2.20. The topological polar surface area (TPSA) is 75.5 Å². The van der Waals surface area contributed by atoms with Gasteiger partial charge in [-0.15, -0.1) is 0 Å². The summed E-state index contributed by atoms with van der Waals surface area (Å²) in [7, 11) is 3.66. The number of halogens is 1. The van der Waals surface area contributed by atoms with Crippen molar-refractivity contribution < 1.29 is 14.1 Å². The van der Waals surface area contributed by atoms with Crippen molar-refractivity contribution in [3.8, 4) is 0 Å². The molecular formula is C11H14FN3O3. The number of benzene rings is 1. The van der Waals surface area contributed by atoms with Gasteiger partial charge in [-0.1, -0.05) is 0 Å². The molecule has 0 aliphatic carbocycles. The Kier molecular flexibility index (Phi) is 4.73. The largest absolute Gasteiger partial charge is 0.326 e. The molecule has 1 amide bonds. The SMILES string of the molecule is CN(C)CCC(=O)Nc1ccc([N+](=O)[O-])c(F)c1. The summed E-state index contributed by atoms with van der Waals surface area (Å²) in [6, 6.07) is 3.26. The van der Waals surface area contributed by atoms with Gasteiger partial charge in [-0.05, 0) is 20.2 Å². The van der Waals surface area contributed by atoms with Gasteiger partial charge in [0.25, 0.3) is 0 Å². The van der Waals surface area contributed by atoms with Crippen LogP contribution in [-0.2, 0) is 4.79 Å². The Balaban J connectivity index is 2.66. The molecule has 0 aromatic heterocycles. The molecule has 0 saturated heterocycles. The lowest BCUT2D eigenvalue weighted by Gasteiger charge is -2.09. The third kappa shape index (κ3) is 4.10. The number of nitrogens with one attached hydrogen (secondary N) is 1. The van der Waals surface area contributed by atoms with Crippen molar-refractivity contribution >= 4 is 17.3 Å². The molecule has 6 nitrogen and oxygen atoms in total. The highest BCUT2D eigenvalue weighted by molar-refractivity contribution is 5.90. The fourth-order valence-electron chi connectivity index (χ4n) is 1.28. The van der Waals surface area contributed by atoms with Crippen LogP contribution in [0.4, 0.5) is 15.8 Å². The molecule has 7 heteroatoms. The number of carbonyl (C=O) groups excluding carboxylic acids is 1. The highest BCUT2D eigenvalue weighted by Gasteiger charge is 2.14. The molecule has 0 radical (unpaired) electrons. The molecule has 0 atom stereocenters. The van der Waals surface area contributed by atoms with Crippen LogP contribution in [0.3, 0.4) is 0 Å². The van der Waals surface area contributed by atoms with E-state index in [1.807, 2.05) is 19.0 Å². The second kappa shape index (κ2) is 6.06. The van der Waals surface area contributed by atoms with Crippen LogP contribution in [0.1, 0.15) is 6.42 Å². The lowest BCUT2D eigenvalue weighted by Crippen LogP contribution is -2.20. The van der Waals surface area contributed by atoms with Crippen LogP contribution in [0.5, 0.6) is 0 Å². The molecule has 98 valence electrons. The van der Waals surface area contributed by atoms with Gasteiger partial charge in [0.15, 0.2) is 0 Å². The van der Waals surface area contributed by atoms with E-state index < -0.39 is 16.4 Å². The first-order chi connectivity index (χ1) is 8.40. The van der Waals surface area contributed by atoms with E-state index in [-0.39, 0.29) is 18.0 Å². The van der Waals surface area contributed by atoms with Gasteiger partial charge >= 0.3 is 5.69 Å². The third-order valence-corrected chi connectivity index (χ3v) is 2.21. The minimum absolute atomic E-state index is 0.210. The molecule has 0 aliphatic rings. The Bertz CT molecular complexity index is 463. The number of rotatable bonds is 5. The molecule has 18 heavy (non-hydrogen) atoms. The smallest absolute Gasteiger partial charge is 0.304 e. The molecule has 0 spiro atoms. The number of nitrogens with zero attached hydrogens (tertiary/aromatic N) is 2. The second-order valence-electron chi connectivity index (χ2n) is 4.02. The summed E-state index contributed by atoms with van der Waals surface area (Å²) in [5, 5.41) is 12.9. The summed E-state index contributed by atoms with van der Waals surface area (Å²) < 4.78 is 13.3. The molecule has 1 N–H and O–H groups in total. The van der Waals surface area contributed by atoms with E-state index in [0.29, 0.717) is 6.54 Å². The summed E-state index contributed by atoms with van der Waals surface area (Å²) in [5.41, 5.74) is -0.400. The van der Waals surface area contributed by atoms with Crippen LogP contribution in [0.25, 0.3) is 0 Å². The van der Waals surface area contributed by atoms with Gasteiger partial charge in [-0.3, -0.25) is 14.9 Å². The van der Waals surface area contributed by atoms with Crippen molar-refractivity contribution in [2.75, 3.05) is 26.0 Å². The maximum absolute atomic E-state index is 13.3. The van der Waals surface area contributed by atoms with E-state index in [0.717, 1.165) is 12.1 Å². The number of anilines is 1. The molecule has 0 bridgehead atoms. The summed E-state index contributed by atoms with van der Waals surface area (Å²) in [6.45, 7) is 0.571. The maximum atomic E-state index is 13.3. The first kappa shape index (κ1) is 14.0. The van der Waals surface area contributed by atoms with Gasteiger partial charge in [0, 0.05) is 30.8 Å². The molecule has 0 unspecified atom stereocenters. The minimum atomic E-state index is -0.967. The van der Waals surface area contributed by atoms with Crippen molar-refractivity contribution in [1.29, 1.82) is 0 Å². The minimum Gasteiger partial charge on any atom is -0.326 e. The zero-order valence-electron chi connectivity index (χ0n) is 10.1. The molecule has 0 fully saturated rings. The van der Waals surface area contributed by atoms with Crippen molar-refractivity contribution in [2.24, 2.45) is 0 Å². The summed E-state index contributed by atoms with van der Waals surface area (Å²) in [6.07, 6.45) is 0.269. The number of amides is 1. The van der Waals surface area contributed by atoms with Gasteiger partial charge in [0.1, 0.15) is 0 Å². The lowest BCUT2D eigenvalue weighted by atomic mass is 10.2. The van der Waals surface area contributed by atoms with Crippen LogP contribution in [-0.4, -0.2) is 36.4 Å². The fourth-order valence-corrected chi connectivity index (χ4v) is 1.28. The normalized spacial score (nSPS) is 10.4. The Labute approximate surface area is 104 Å². The Morgan fingerprint density at radius 2 is 2.17 bits per heavy atom. The monoisotopic (exact) mass is 255 g/mol. The second-order valence-corrected chi connectivity index (χ2v) is 4.02. The Hall–Kier alpha value is -2.02. The number of nitro groups is 1. The maximum Gasteiger partial charge on any atom is 0.304 e. The van der Waals surface area contributed by atoms with Crippen LogP contribution in [0.2, 0.25) is 0 Å². The summed E-state index contributed by atoms with van der Waals surface area (Å²) in [5.74, 6) is -1.23. The van der Waals surface area contributed by atoms with Crippen molar-refractivity contribution in [3.05, 3.63) is 34.1 Å². The molecule has 0 heterocycles. The van der Waals surface area contributed by atoms with Gasteiger partial charge in [-0.25, -0.2) is 0 Å². The van der Waals surface area contributed by atoms with Crippen molar-refractivity contribution in [1.82, 2.24) is 4.90 Å². The number of hydrogen-bond acceptors (Lipinski definition) is 4. The Morgan fingerprint density at radius 1 is 1.50 bits per heavy atom. The van der Waals surface area contributed by atoms with E-state index >= 15 is 0 Å². The lowest BCUT2D eigenvalue weighted by molar-refractivity contribution is -0.387. The predicted octanol–water partition coefficient (Wildman–Crippen LogP) is 1.62. The van der Waals surface area contributed by atoms with E-state index in [4.69, 9.17) is 0 Å². The van der Waals surface area contributed by atoms with E-state index in [1.165, 1.54) is 6.07 Å². The highest BCUT2D eigenvalue weighted by atomic mass is 19.1. The van der Waals surface area contributed by atoms with Gasteiger partial charge in [0.05, 0.1) is 4.92 Å². The average Bonchev–Trinajstić information content (AvgIpc) is 2.26.